The SMILES string of the molecule is C=C/C(Cl)=N\C=C(\C#N)CCl. The van der Waals surface area contributed by atoms with E-state index >= 15 is 0 Å². The van der Waals surface area contributed by atoms with E-state index in [0.29, 0.717) is 5.57 Å². The van der Waals surface area contributed by atoms with Gasteiger partial charge in [-0.2, -0.15) is 5.26 Å². The molecule has 0 aliphatic heterocycles. The number of halogens is 2. The Morgan fingerprint density at radius 1 is 1.73 bits per heavy atom. The minimum absolute atomic E-state index is 0.140. The van der Waals surface area contributed by atoms with Gasteiger partial charge in [0.05, 0.1) is 17.5 Å². The van der Waals surface area contributed by atoms with Crippen molar-refractivity contribution in [3.8, 4) is 6.07 Å². The van der Waals surface area contributed by atoms with Crippen LogP contribution in [0, 0.1) is 11.3 Å². The normalized spacial score (nSPS) is 12.5. The maximum absolute atomic E-state index is 8.37. The maximum Gasteiger partial charge on any atom is 0.128 e. The van der Waals surface area contributed by atoms with Crippen molar-refractivity contribution in [1.29, 1.82) is 5.26 Å². The highest BCUT2D eigenvalue weighted by Gasteiger charge is 1.89. The first-order valence-corrected chi connectivity index (χ1v) is 3.66. The molecule has 0 fully saturated rings. The Hall–Kier alpha value is -0.780. The van der Waals surface area contributed by atoms with Crippen LogP contribution in [-0.2, 0) is 0 Å². The zero-order valence-corrected chi connectivity index (χ0v) is 7.23. The summed E-state index contributed by atoms with van der Waals surface area (Å²) in [6.45, 7) is 3.38. The molecule has 0 aromatic carbocycles. The van der Waals surface area contributed by atoms with Crippen molar-refractivity contribution in [3.05, 3.63) is 24.4 Å². The van der Waals surface area contributed by atoms with Crippen molar-refractivity contribution in [3.63, 3.8) is 0 Å². The fraction of sp³-hybridized carbons (Fsp3) is 0.143. The molecule has 0 aromatic heterocycles. The van der Waals surface area contributed by atoms with Crippen LogP contribution in [0.5, 0.6) is 0 Å². The summed E-state index contributed by atoms with van der Waals surface area (Å²) >= 11 is 10.8. The van der Waals surface area contributed by atoms with Crippen LogP contribution in [0.1, 0.15) is 0 Å². The van der Waals surface area contributed by atoms with Crippen LogP contribution >= 0.6 is 23.2 Å². The summed E-state index contributed by atoms with van der Waals surface area (Å²) in [7, 11) is 0. The number of hydrogen-bond donors (Lipinski definition) is 0. The summed E-state index contributed by atoms with van der Waals surface area (Å²) in [5.41, 5.74) is 0.367. The predicted octanol–water partition coefficient (Wildman–Crippen LogP) is 2.46. The lowest BCUT2D eigenvalue weighted by Gasteiger charge is -1.85. The Kier molecular flexibility index (Phi) is 5.54. The first-order chi connectivity index (χ1) is 5.24. The van der Waals surface area contributed by atoms with Crippen molar-refractivity contribution in [1.82, 2.24) is 0 Å². The molecule has 58 valence electrons. The molecule has 0 aromatic rings. The van der Waals surface area contributed by atoms with Crippen LogP contribution in [0.3, 0.4) is 0 Å². The smallest absolute Gasteiger partial charge is 0.128 e. The van der Waals surface area contributed by atoms with Crippen LogP contribution in [-0.4, -0.2) is 11.1 Å². The van der Waals surface area contributed by atoms with Gasteiger partial charge in [0.25, 0.3) is 0 Å². The summed E-state index contributed by atoms with van der Waals surface area (Å²) < 4.78 is 0. The van der Waals surface area contributed by atoms with Crippen molar-refractivity contribution < 1.29 is 0 Å². The Bertz CT molecular complexity index is 235. The maximum atomic E-state index is 8.37. The molecule has 0 heterocycles. The number of aliphatic imine (C=N–C) groups is 1. The quantitative estimate of drug-likeness (QED) is 0.381. The molecule has 2 nitrogen and oxygen atoms in total. The second-order valence-corrected chi connectivity index (χ2v) is 2.21. The minimum atomic E-state index is 0.140. The van der Waals surface area contributed by atoms with E-state index in [-0.39, 0.29) is 11.1 Å². The molecule has 0 bridgehead atoms. The van der Waals surface area contributed by atoms with E-state index in [0.717, 1.165) is 0 Å². The second-order valence-electron chi connectivity index (χ2n) is 1.56. The van der Waals surface area contributed by atoms with E-state index < -0.39 is 0 Å². The molecule has 0 saturated carbocycles. The zero-order valence-electron chi connectivity index (χ0n) is 5.72. The van der Waals surface area contributed by atoms with Crippen molar-refractivity contribution in [2.75, 3.05) is 5.88 Å². The van der Waals surface area contributed by atoms with Gasteiger partial charge in [-0.05, 0) is 6.08 Å². The summed E-state index contributed by atoms with van der Waals surface area (Å²) in [5.74, 6) is 0.140. The Labute approximate surface area is 75.4 Å². The van der Waals surface area contributed by atoms with Gasteiger partial charge in [-0.25, -0.2) is 4.99 Å². The van der Waals surface area contributed by atoms with Gasteiger partial charge in [0, 0.05) is 6.20 Å². The third-order valence-electron chi connectivity index (χ3n) is 0.800. The lowest BCUT2D eigenvalue weighted by molar-refractivity contribution is 1.40. The molecule has 0 aliphatic carbocycles. The molecule has 0 N–H and O–H groups in total. The van der Waals surface area contributed by atoms with E-state index in [1.807, 2.05) is 6.07 Å². The van der Waals surface area contributed by atoms with Gasteiger partial charge in [0.1, 0.15) is 5.17 Å². The molecular weight excluding hydrogens is 183 g/mol. The van der Waals surface area contributed by atoms with Crippen LogP contribution in [0.4, 0.5) is 0 Å². The number of rotatable bonds is 3. The van der Waals surface area contributed by atoms with Crippen LogP contribution in [0.25, 0.3) is 0 Å². The van der Waals surface area contributed by atoms with Crippen LogP contribution in [0.2, 0.25) is 0 Å². The minimum Gasteiger partial charge on any atom is -0.244 e. The lowest BCUT2D eigenvalue weighted by atomic mass is 10.4. The van der Waals surface area contributed by atoms with Crippen LogP contribution in [0.15, 0.2) is 29.4 Å². The number of alkyl halides is 1. The molecule has 11 heavy (non-hydrogen) atoms. The van der Waals surface area contributed by atoms with Gasteiger partial charge in [-0.15, -0.1) is 11.6 Å². The summed E-state index contributed by atoms with van der Waals surface area (Å²) in [4.78, 5) is 3.68. The van der Waals surface area contributed by atoms with Crippen molar-refractivity contribution in [2.24, 2.45) is 4.99 Å². The van der Waals surface area contributed by atoms with E-state index in [1.165, 1.54) is 12.3 Å². The van der Waals surface area contributed by atoms with Gasteiger partial charge in [0.15, 0.2) is 0 Å². The van der Waals surface area contributed by atoms with Gasteiger partial charge >= 0.3 is 0 Å². The average molecular weight is 189 g/mol. The highest BCUT2D eigenvalue weighted by atomic mass is 35.5. The third-order valence-corrected chi connectivity index (χ3v) is 1.34. The van der Waals surface area contributed by atoms with Gasteiger partial charge in [-0.1, -0.05) is 18.2 Å². The van der Waals surface area contributed by atoms with Crippen LogP contribution < -0.4 is 0 Å². The molecule has 0 amide bonds. The number of hydrogen-bond acceptors (Lipinski definition) is 2. The van der Waals surface area contributed by atoms with E-state index in [1.54, 1.807) is 0 Å². The molecule has 0 aliphatic rings. The third kappa shape index (κ3) is 4.60. The van der Waals surface area contributed by atoms with E-state index in [4.69, 9.17) is 28.5 Å². The van der Waals surface area contributed by atoms with Gasteiger partial charge in [-0.3, -0.25) is 0 Å². The summed E-state index contributed by atoms with van der Waals surface area (Å²) in [6.07, 6.45) is 2.69. The molecular formula is C7H6Cl2N2. The van der Waals surface area contributed by atoms with Crippen molar-refractivity contribution >= 4 is 28.4 Å². The molecule has 0 radical (unpaired) electrons. The first kappa shape index (κ1) is 10.2. The summed E-state index contributed by atoms with van der Waals surface area (Å²) in [5, 5.41) is 8.61. The summed E-state index contributed by atoms with van der Waals surface area (Å²) in [6, 6.07) is 1.86. The monoisotopic (exact) mass is 188 g/mol. The molecule has 0 unspecified atom stereocenters. The Morgan fingerprint density at radius 3 is 2.73 bits per heavy atom. The highest BCUT2D eigenvalue weighted by molar-refractivity contribution is 6.68. The largest absolute Gasteiger partial charge is 0.244 e. The first-order valence-electron chi connectivity index (χ1n) is 2.75. The zero-order chi connectivity index (χ0) is 8.69. The van der Waals surface area contributed by atoms with E-state index in [9.17, 15) is 0 Å². The fourth-order valence-electron chi connectivity index (χ4n) is 0.286. The van der Waals surface area contributed by atoms with Crippen molar-refractivity contribution in [2.45, 2.75) is 0 Å². The second kappa shape index (κ2) is 5.96. The number of nitrogens with zero attached hydrogens (tertiary/aromatic N) is 2. The topological polar surface area (TPSA) is 36.1 Å². The number of allylic oxidation sites excluding steroid dienone is 2. The number of nitriles is 1. The average Bonchev–Trinajstić information content (AvgIpc) is 2.06. The molecule has 4 heteroatoms. The van der Waals surface area contributed by atoms with Gasteiger partial charge in [0.2, 0.25) is 0 Å². The Morgan fingerprint density at radius 2 is 2.36 bits per heavy atom. The predicted molar refractivity (Wildman–Crippen MR) is 47.9 cm³/mol. The van der Waals surface area contributed by atoms with E-state index in [2.05, 4.69) is 11.6 Å². The lowest BCUT2D eigenvalue weighted by Crippen LogP contribution is -1.80. The molecule has 0 saturated heterocycles. The van der Waals surface area contributed by atoms with Gasteiger partial charge < -0.3 is 0 Å². The molecule has 0 atom stereocenters. The Balaban J connectivity index is 4.32. The fourth-order valence-corrected chi connectivity index (χ4v) is 0.463. The highest BCUT2D eigenvalue weighted by Crippen LogP contribution is 1.97. The standard InChI is InChI=1S/C7H6Cl2N2/c1-2-7(9)11-5-6(3-8)4-10/h2,5H,1,3H2/b6-5+,11-7+. The molecule has 0 rings (SSSR count). The molecule has 0 spiro atoms.